The van der Waals surface area contributed by atoms with E-state index in [1.54, 1.807) is 0 Å². The first-order valence-corrected chi connectivity index (χ1v) is 11.9. The number of aryl methyl sites for hydroxylation is 1. The second-order valence-electron chi connectivity index (χ2n) is 9.18. The van der Waals surface area contributed by atoms with Crippen LogP contribution >= 0.6 is 0 Å². The molecule has 0 unspecified atom stereocenters. The van der Waals surface area contributed by atoms with E-state index in [0.717, 1.165) is 34.5 Å². The van der Waals surface area contributed by atoms with Crippen molar-refractivity contribution in [3.8, 4) is 5.75 Å². The summed E-state index contributed by atoms with van der Waals surface area (Å²) in [5.41, 5.74) is 4.76. The number of aromatic amines is 1. The largest absolute Gasteiger partial charge is 0.492 e. The van der Waals surface area contributed by atoms with Gasteiger partial charge in [0.05, 0.1) is 5.56 Å². The molecule has 0 atom stereocenters. The number of benzene rings is 2. The Hall–Kier alpha value is -2.79. The van der Waals surface area contributed by atoms with Gasteiger partial charge in [0, 0.05) is 23.1 Å². The number of hydrogen-bond donors (Lipinski definition) is 1. The summed E-state index contributed by atoms with van der Waals surface area (Å²) in [5, 5.41) is 0.856. The van der Waals surface area contributed by atoms with Crippen molar-refractivity contribution in [2.75, 3.05) is 26.2 Å². The fourth-order valence-corrected chi connectivity index (χ4v) is 4.86. The summed E-state index contributed by atoms with van der Waals surface area (Å²) >= 11 is 0. The predicted octanol–water partition coefficient (Wildman–Crippen LogP) is 5.58. The van der Waals surface area contributed by atoms with Gasteiger partial charge in [-0.25, -0.2) is 4.79 Å². The SMILES string of the molecule is Cc1[nH]c2ccc(OCCN3CCCC3)cc2c1C(=O)OCc1cccc(C2CCC2)c1. The summed E-state index contributed by atoms with van der Waals surface area (Å²) in [6.07, 6.45) is 6.41. The number of H-pyrrole nitrogens is 1. The van der Waals surface area contributed by atoms with Crippen molar-refractivity contribution in [3.63, 3.8) is 0 Å². The number of rotatable bonds is 8. The Balaban J connectivity index is 1.26. The van der Waals surface area contributed by atoms with Crippen LogP contribution in [-0.2, 0) is 11.3 Å². The summed E-state index contributed by atoms with van der Waals surface area (Å²) in [4.78, 5) is 18.8. The molecule has 3 aromatic rings. The molecule has 2 fully saturated rings. The molecule has 1 aliphatic heterocycles. The van der Waals surface area contributed by atoms with Crippen molar-refractivity contribution in [2.24, 2.45) is 0 Å². The highest BCUT2D eigenvalue weighted by atomic mass is 16.5. The van der Waals surface area contributed by atoms with E-state index >= 15 is 0 Å². The number of aromatic nitrogens is 1. The minimum absolute atomic E-state index is 0.289. The van der Waals surface area contributed by atoms with E-state index in [1.165, 1.54) is 50.8 Å². The predicted molar refractivity (Wildman–Crippen MR) is 126 cm³/mol. The lowest BCUT2D eigenvalue weighted by Gasteiger charge is -2.26. The van der Waals surface area contributed by atoms with E-state index in [1.807, 2.05) is 31.2 Å². The van der Waals surface area contributed by atoms with Crippen LogP contribution in [0.1, 0.15) is 65.2 Å². The Morgan fingerprint density at radius 3 is 2.72 bits per heavy atom. The molecular weight excluding hydrogens is 400 g/mol. The zero-order chi connectivity index (χ0) is 21.9. The summed E-state index contributed by atoms with van der Waals surface area (Å²) in [5.74, 6) is 1.17. The van der Waals surface area contributed by atoms with Gasteiger partial charge in [-0.05, 0) is 80.9 Å². The lowest BCUT2D eigenvalue weighted by Crippen LogP contribution is -2.25. The molecule has 2 heterocycles. The number of nitrogens with one attached hydrogen (secondary N) is 1. The van der Waals surface area contributed by atoms with E-state index in [0.29, 0.717) is 18.1 Å². The molecule has 5 heteroatoms. The highest BCUT2D eigenvalue weighted by Gasteiger charge is 2.21. The third kappa shape index (κ3) is 4.53. The molecular formula is C27H32N2O3. The van der Waals surface area contributed by atoms with Crippen LogP contribution in [0.25, 0.3) is 10.9 Å². The Bertz CT molecular complexity index is 1090. The molecule has 0 spiro atoms. The van der Waals surface area contributed by atoms with Crippen LogP contribution < -0.4 is 4.74 Å². The highest BCUT2D eigenvalue weighted by molar-refractivity contribution is 6.05. The van der Waals surface area contributed by atoms with Gasteiger partial charge in [-0.2, -0.15) is 0 Å². The number of nitrogens with zero attached hydrogens (tertiary/aromatic N) is 1. The van der Waals surface area contributed by atoms with Gasteiger partial charge >= 0.3 is 5.97 Å². The van der Waals surface area contributed by atoms with E-state index in [4.69, 9.17) is 9.47 Å². The number of carbonyl (C=O) groups is 1. The summed E-state index contributed by atoms with van der Waals surface area (Å²) in [7, 11) is 0. The Kier molecular flexibility index (Phi) is 6.17. The van der Waals surface area contributed by atoms with Crippen LogP contribution in [0.15, 0.2) is 42.5 Å². The third-order valence-corrected chi connectivity index (χ3v) is 6.93. The first-order valence-electron chi connectivity index (χ1n) is 11.9. The van der Waals surface area contributed by atoms with Crippen molar-refractivity contribution in [1.82, 2.24) is 9.88 Å². The molecule has 0 bridgehead atoms. The molecule has 2 aromatic carbocycles. The number of carbonyl (C=O) groups excluding carboxylic acids is 1. The lowest BCUT2D eigenvalue weighted by atomic mass is 9.80. The molecule has 1 N–H and O–H groups in total. The first kappa shape index (κ1) is 21.1. The topological polar surface area (TPSA) is 54.6 Å². The molecule has 32 heavy (non-hydrogen) atoms. The summed E-state index contributed by atoms with van der Waals surface area (Å²) in [6, 6.07) is 14.4. The zero-order valence-corrected chi connectivity index (χ0v) is 18.9. The summed E-state index contributed by atoms with van der Waals surface area (Å²) < 4.78 is 11.7. The standard InChI is InChI=1S/C27H32N2O3/c1-19-26(27(30)32-18-20-6-4-9-22(16-20)21-7-5-8-21)24-17-23(10-11-25(24)28-19)31-15-14-29-12-2-3-13-29/h4,6,9-11,16-17,21,28H,2-3,5,7-8,12-15,18H2,1H3. The van der Waals surface area contributed by atoms with Crippen LogP contribution in [0, 0.1) is 6.92 Å². The molecule has 5 nitrogen and oxygen atoms in total. The molecule has 5 rings (SSSR count). The van der Waals surface area contributed by atoms with E-state index in [2.05, 4.69) is 28.1 Å². The van der Waals surface area contributed by atoms with Crippen molar-refractivity contribution >= 4 is 16.9 Å². The normalized spacial score (nSPS) is 16.9. The van der Waals surface area contributed by atoms with Crippen LogP contribution in [-0.4, -0.2) is 42.1 Å². The van der Waals surface area contributed by atoms with Crippen molar-refractivity contribution in [1.29, 1.82) is 0 Å². The van der Waals surface area contributed by atoms with Crippen LogP contribution in [0.4, 0.5) is 0 Å². The van der Waals surface area contributed by atoms with Crippen molar-refractivity contribution < 1.29 is 14.3 Å². The van der Waals surface area contributed by atoms with Crippen LogP contribution in [0.5, 0.6) is 5.75 Å². The molecule has 1 saturated heterocycles. The van der Waals surface area contributed by atoms with Gasteiger partial charge in [0.2, 0.25) is 0 Å². The monoisotopic (exact) mass is 432 g/mol. The van der Waals surface area contributed by atoms with Gasteiger partial charge in [-0.15, -0.1) is 0 Å². The average molecular weight is 433 g/mol. The van der Waals surface area contributed by atoms with Gasteiger partial charge in [0.15, 0.2) is 0 Å². The molecule has 1 aromatic heterocycles. The Labute approximate surface area is 189 Å². The zero-order valence-electron chi connectivity index (χ0n) is 18.9. The number of hydrogen-bond acceptors (Lipinski definition) is 4. The third-order valence-electron chi connectivity index (χ3n) is 6.93. The van der Waals surface area contributed by atoms with Gasteiger partial charge < -0.3 is 14.5 Å². The Morgan fingerprint density at radius 2 is 1.94 bits per heavy atom. The van der Waals surface area contributed by atoms with E-state index in [9.17, 15) is 4.79 Å². The van der Waals surface area contributed by atoms with Gasteiger partial charge in [-0.3, -0.25) is 4.90 Å². The summed E-state index contributed by atoms with van der Waals surface area (Å²) in [6.45, 7) is 6.14. The van der Waals surface area contributed by atoms with Gasteiger partial charge in [-0.1, -0.05) is 30.7 Å². The maximum absolute atomic E-state index is 13.0. The molecule has 0 radical (unpaired) electrons. The molecule has 2 aliphatic rings. The maximum atomic E-state index is 13.0. The molecule has 1 aliphatic carbocycles. The van der Waals surface area contributed by atoms with Crippen LogP contribution in [0.2, 0.25) is 0 Å². The molecule has 1 saturated carbocycles. The van der Waals surface area contributed by atoms with Gasteiger partial charge in [0.1, 0.15) is 19.0 Å². The number of fused-ring (bicyclic) bond motifs is 1. The van der Waals surface area contributed by atoms with Crippen molar-refractivity contribution in [2.45, 2.75) is 51.6 Å². The minimum Gasteiger partial charge on any atom is -0.492 e. The van der Waals surface area contributed by atoms with E-state index in [-0.39, 0.29) is 12.6 Å². The van der Waals surface area contributed by atoms with Crippen LogP contribution in [0.3, 0.4) is 0 Å². The second kappa shape index (κ2) is 9.37. The van der Waals surface area contributed by atoms with Crippen molar-refractivity contribution in [3.05, 3.63) is 64.8 Å². The number of ether oxygens (including phenoxy) is 2. The lowest BCUT2D eigenvalue weighted by molar-refractivity contribution is 0.0474. The highest BCUT2D eigenvalue weighted by Crippen LogP contribution is 2.36. The second-order valence-corrected chi connectivity index (χ2v) is 9.18. The molecule has 0 amide bonds. The first-order chi connectivity index (χ1) is 15.7. The Morgan fingerprint density at radius 1 is 1.09 bits per heavy atom. The number of likely N-dealkylation sites (tertiary alicyclic amines) is 1. The minimum atomic E-state index is -0.294. The number of esters is 1. The molecule has 168 valence electrons. The smallest absolute Gasteiger partial charge is 0.340 e. The fraction of sp³-hybridized carbons (Fsp3) is 0.444. The maximum Gasteiger partial charge on any atom is 0.340 e. The average Bonchev–Trinajstić information content (AvgIpc) is 3.38. The van der Waals surface area contributed by atoms with E-state index < -0.39 is 0 Å². The quantitative estimate of drug-likeness (QED) is 0.473. The van der Waals surface area contributed by atoms with Gasteiger partial charge in [0.25, 0.3) is 0 Å². The fourth-order valence-electron chi connectivity index (χ4n) is 4.86.